The van der Waals surface area contributed by atoms with Gasteiger partial charge >= 0.3 is 0 Å². The third-order valence-corrected chi connectivity index (χ3v) is 7.12. The predicted octanol–water partition coefficient (Wildman–Crippen LogP) is 1.28. The standard InChI is InChI=1S/C23H32N2O4.2CH2O2/c1-27-22-4-2-3-17-9-16(15-29-23(17)22)12-24-13-18-10-20(21(26)11-19(18)14-24)25-5-7-28-8-6-25;2*2-1-3/h2-4,9,18-21,26H,5-8,10-15H2,1H3;2*1H,(H,2,3)/t18-,19+,20-,21-;;/m1../s1. The van der Waals surface area contributed by atoms with E-state index in [1.807, 2.05) is 12.1 Å². The molecule has 1 aliphatic carbocycles. The van der Waals surface area contributed by atoms with Gasteiger partial charge in [-0.15, -0.1) is 0 Å². The fraction of sp³-hybridized carbons (Fsp3) is 0.600. The molecule has 0 unspecified atom stereocenters. The maximum absolute atomic E-state index is 10.8. The fourth-order valence-corrected chi connectivity index (χ4v) is 5.70. The molecule has 4 atom stereocenters. The molecule has 1 aromatic carbocycles. The Morgan fingerprint density at radius 1 is 1.09 bits per heavy atom. The van der Waals surface area contributed by atoms with Crippen LogP contribution in [-0.2, 0) is 14.3 Å². The molecule has 0 aromatic heterocycles. The highest BCUT2D eigenvalue weighted by molar-refractivity contribution is 5.66. The van der Waals surface area contributed by atoms with Crippen LogP contribution in [0.2, 0.25) is 0 Å². The average Bonchev–Trinajstić information content (AvgIpc) is 3.25. The number of benzene rings is 1. The van der Waals surface area contributed by atoms with E-state index in [4.69, 9.17) is 34.0 Å². The Kier molecular flexibility index (Phi) is 10.3. The summed E-state index contributed by atoms with van der Waals surface area (Å²) in [6, 6.07) is 6.35. The maximum Gasteiger partial charge on any atom is 0.290 e. The van der Waals surface area contributed by atoms with Crippen LogP contribution in [0.15, 0.2) is 23.8 Å². The molecular weight excluding hydrogens is 456 g/mol. The maximum atomic E-state index is 10.8. The van der Waals surface area contributed by atoms with Crippen LogP contribution in [0.3, 0.4) is 0 Å². The summed E-state index contributed by atoms with van der Waals surface area (Å²) in [6.07, 6.45) is 4.09. The second-order valence-corrected chi connectivity index (χ2v) is 9.15. The number of ether oxygens (including phenoxy) is 3. The van der Waals surface area contributed by atoms with Crippen molar-refractivity contribution in [2.75, 3.05) is 59.7 Å². The molecule has 10 nitrogen and oxygen atoms in total. The van der Waals surface area contributed by atoms with E-state index in [2.05, 4.69) is 21.9 Å². The number of nitrogens with zero attached hydrogens (tertiary/aromatic N) is 2. The minimum absolute atomic E-state index is 0.203. The Labute approximate surface area is 205 Å². The summed E-state index contributed by atoms with van der Waals surface area (Å²) in [6.45, 7) is 6.78. The van der Waals surface area contributed by atoms with Crippen LogP contribution in [0.4, 0.5) is 0 Å². The van der Waals surface area contributed by atoms with E-state index in [1.165, 1.54) is 5.57 Å². The van der Waals surface area contributed by atoms with Crippen LogP contribution in [0.25, 0.3) is 6.08 Å². The Balaban J connectivity index is 0.000000520. The average molecular weight is 493 g/mol. The number of carbonyl (C=O) groups is 2. The summed E-state index contributed by atoms with van der Waals surface area (Å²) in [4.78, 5) is 21.7. The molecule has 0 amide bonds. The summed E-state index contributed by atoms with van der Waals surface area (Å²) in [5.41, 5.74) is 2.42. The first-order valence-electron chi connectivity index (χ1n) is 11.9. The minimum Gasteiger partial charge on any atom is -0.493 e. The van der Waals surface area contributed by atoms with Crippen molar-refractivity contribution in [2.45, 2.75) is 25.0 Å². The molecule has 1 saturated carbocycles. The largest absolute Gasteiger partial charge is 0.493 e. The van der Waals surface area contributed by atoms with Crippen molar-refractivity contribution in [3.63, 3.8) is 0 Å². The number of aliphatic hydroxyl groups excluding tert-OH is 1. The van der Waals surface area contributed by atoms with E-state index in [9.17, 15) is 5.11 Å². The van der Waals surface area contributed by atoms with Crippen LogP contribution in [0.1, 0.15) is 18.4 Å². The first-order valence-corrected chi connectivity index (χ1v) is 11.9. The van der Waals surface area contributed by atoms with E-state index in [0.29, 0.717) is 24.5 Å². The highest BCUT2D eigenvalue weighted by atomic mass is 16.5. The summed E-state index contributed by atoms with van der Waals surface area (Å²) in [5.74, 6) is 2.95. The number of carboxylic acid groups (broad SMARTS) is 2. The summed E-state index contributed by atoms with van der Waals surface area (Å²) < 4.78 is 16.9. The van der Waals surface area contributed by atoms with E-state index in [1.54, 1.807) is 7.11 Å². The molecule has 3 N–H and O–H groups in total. The molecule has 3 fully saturated rings. The first kappa shape index (κ1) is 26.9. The van der Waals surface area contributed by atoms with Crippen LogP contribution < -0.4 is 9.47 Å². The lowest BCUT2D eigenvalue weighted by Gasteiger charge is -2.43. The predicted molar refractivity (Wildman–Crippen MR) is 129 cm³/mol. The van der Waals surface area contributed by atoms with Crippen molar-refractivity contribution in [3.8, 4) is 11.5 Å². The third kappa shape index (κ3) is 6.94. The summed E-state index contributed by atoms with van der Waals surface area (Å²) in [7, 11) is 1.68. The van der Waals surface area contributed by atoms with Gasteiger partial charge in [0.2, 0.25) is 0 Å². The fourth-order valence-electron chi connectivity index (χ4n) is 5.70. The van der Waals surface area contributed by atoms with Gasteiger partial charge in [-0.05, 0) is 42.4 Å². The Hall–Kier alpha value is -2.66. The number of rotatable bonds is 4. The number of fused-ring (bicyclic) bond motifs is 2. The third-order valence-electron chi connectivity index (χ3n) is 7.12. The molecule has 1 aromatic rings. The van der Waals surface area contributed by atoms with Crippen LogP contribution in [0.5, 0.6) is 11.5 Å². The zero-order valence-electron chi connectivity index (χ0n) is 20.1. The molecule has 5 rings (SSSR count). The molecule has 0 bridgehead atoms. The van der Waals surface area contributed by atoms with Crippen molar-refractivity contribution >= 4 is 19.0 Å². The number of hydrogen-bond donors (Lipinski definition) is 3. The lowest BCUT2D eigenvalue weighted by Crippen LogP contribution is -2.53. The van der Waals surface area contributed by atoms with E-state index in [0.717, 1.165) is 75.8 Å². The molecule has 4 aliphatic rings. The summed E-state index contributed by atoms with van der Waals surface area (Å²) in [5, 5.41) is 24.6. The van der Waals surface area contributed by atoms with Crippen molar-refractivity contribution in [3.05, 3.63) is 29.3 Å². The Morgan fingerprint density at radius 3 is 2.40 bits per heavy atom. The molecule has 0 spiro atoms. The lowest BCUT2D eigenvalue weighted by atomic mass is 9.77. The highest BCUT2D eigenvalue weighted by Crippen LogP contribution is 2.40. The van der Waals surface area contributed by atoms with Crippen molar-refractivity contribution in [1.82, 2.24) is 9.80 Å². The molecule has 3 heterocycles. The van der Waals surface area contributed by atoms with Gasteiger partial charge in [0.25, 0.3) is 12.9 Å². The molecular formula is C25H36N2O8. The van der Waals surface area contributed by atoms with Crippen LogP contribution in [-0.4, -0.2) is 110 Å². The second kappa shape index (κ2) is 13.4. The van der Waals surface area contributed by atoms with Gasteiger partial charge in [-0.1, -0.05) is 12.1 Å². The number of methoxy groups -OCH3 is 1. The van der Waals surface area contributed by atoms with Crippen molar-refractivity contribution in [2.24, 2.45) is 11.8 Å². The van der Waals surface area contributed by atoms with Gasteiger partial charge in [-0.25, -0.2) is 0 Å². The van der Waals surface area contributed by atoms with Gasteiger partial charge in [0, 0.05) is 44.3 Å². The molecule has 10 heteroatoms. The van der Waals surface area contributed by atoms with Gasteiger partial charge < -0.3 is 29.5 Å². The zero-order valence-corrected chi connectivity index (χ0v) is 20.1. The minimum atomic E-state index is -0.250. The molecule has 3 aliphatic heterocycles. The second-order valence-electron chi connectivity index (χ2n) is 9.15. The number of likely N-dealkylation sites (tertiary alicyclic amines) is 1. The van der Waals surface area contributed by atoms with Crippen LogP contribution in [0, 0.1) is 11.8 Å². The van der Waals surface area contributed by atoms with Crippen LogP contribution >= 0.6 is 0 Å². The smallest absolute Gasteiger partial charge is 0.290 e. The van der Waals surface area contributed by atoms with E-state index < -0.39 is 0 Å². The lowest BCUT2D eigenvalue weighted by molar-refractivity contribution is -0.123. The van der Waals surface area contributed by atoms with E-state index in [-0.39, 0.29) is 19.0 Å². The number of para-hydroxylation sites is 1. The topological polar surface area (TPSA) is 129 Å². The van der Waals surface area contributed by atoms with Gasteiger partial charge in [0.05, 0.1) is 26.4 Å². The van der Waals surface area contributed by atoms with Gasteiger partial charge in [0.15, 0.2) is 11.5 Å². The highest BCUT2D eigenvalue weighted by Gasteiger charge is 2.43. The molecule has 2 saturated heterocycles. The molecule has 0 radical (unpaired) electrons. The van der Waals surface area contributed by atoms with Gasteiger partial charge in [0.1, 0.15) is 6.61 Å². The van der Waals surface area contributed by atoms with E-state index >= 15 is 0 Å². The molecule has 194 valence electrons. The van der Waals surface area contributed by atoms with Crippen molar-refractivity contribution in [1.29, 1.82) is 0 Å². The first-order chi connectivity index (χ1) is 17.0. The zero-order chi connectivity index (χ0) is 25.2. The number of morpholine rings is 1. The summed E-state index contributed by atoms with van der Waals surface area (Å²) >= 11 is 0. The van der Waals surface area contributed by atoms with Gasteiger partial charge in [-0.2, -0.15) is 0 Å². The Morgan fingerprint density at radius 2 is 1.74 bits per heavy atom. The number of hydrogen-bond acceptors (Lipinski definition) is 8. The van der Waals surface area contributed by atoms with Gasteiger partial charge in [-0.3, -0.25) is 19.4 Å². The quantitative estimate of drug-likeness (QED) is 0.529. The SMILES string of the molecule is COc1cccc2c1OCC(CN1C[C@H]3C[C@@H](N4CCOCC4)[C@H](O)C[C@H]3C1)=C2.O=CO.O=CO. The number of aliphatic hydroxyl groups is 1. The Bertz CT molecular complexity index is 852. The normalized spacial score (nSPS) is 27.9. The monoisotopic (exact) mass is 492 g/mol. The van der Waals surface area contributed by atoms with Crippen molar-refractivity contribution < 1.29 is 39.1 Å². The molecule has 35 heavy (non-hydrogen) atoms.